The molecule has 104 valence electrons. The van der Waals surface area contributed by atoms with Gasteiger partial charge in [-0.3, -0.25) is 4.79 Å². The van der Waals surface area contributed by atoms with Gasteiger partial charge in [0.2, 0.25) is 5.91 Å². The summed E-state index contributed by atoms with van der Waals surface area (Å²) in [6.45, 7) is 4.99. The van der Waals surface area contributed by atoms with Crippen molar-refractivity contribution < 1.29 is 4.79 Å². The smallest absolute Gasteiger partial charge is 0.226 e. The molecule has 0 radical (unpaired) electrons. The van der Waals surface area contributed by atoms with E-state index in [2.05, 4.69) is 25.1 Å². The van der Waals surface area contributed by atoms with Crippen molar-refractivity contribution in [3.63, 3.8) is 0 Å². The number of amides is 1. The van der Waals surface area contributed by atoms with Crippen LogP contribution in [-0.4, -0.2) is 18.5 Å². The highest BCUT2D eigenvalue weighted by Crippen LogP contribution is 2.29. The Kier molecular flexibility index (Phi) is 4.59. The maximum atomic E-state index is 12.0. The van der Waals surface area contributed by atoms with Crippen LogP contribution < -0.4 is 10.6 Å². The van der Waals surface area contributed by atoms with E-state index in [0.29, 0.717) is 6.42 Å². The molecule has 1 atom stereocenters. The summed E-state index contributed by atoms with van der Waals surface area (Å²) < 4.78 is 0. The van der Waals surface area contributed by atoms with Crippen LogP contribution in [0.15, 0.2) is 18.2 Å². The second kappa shape index (κ2) is 6.20. The molecule has 19 heavy (non-hydrogen) atoms. The molecule has 1 aromatic rings. The van der Waals surface area contributed by atoms with Crippen LogP contribution in [0.25, 0.3) is 0 Å². The molecule has 3 nitrogen and oxygen atoms in total. The van der Waals surface area contributed by atoms with Crippen molar-refractivity contribution in [1.82, 2.24) is 0 Å². The van der Waals surface area contributed by atoms with Crippen LogP contribution in [-0.2, 0) is 17.6 Å². The molecule has 0 fully saturated rings. The van der Waals surface area contributed by atoms with E-state index in [1.165, 1.54) is 11.1 Å². The standard InChI is InChI=1S/C16H24N2O/c1-3-5-16(19)18-9-8-13-10-12(6-7-15(13)18)11-14(17)4-2/h6-7,10,14H,3-5,8-9,11,17H2,1-2H3. The zero-order chi connectivity index (χ0) is 13.8. The average Bonchev–Trinajstić information content (AvgIpc) is 2.82. The third kappa shape index (κ3) is 3.16. The number of carbonyl (C=O) groups excluding carboxylic acids is 1. The Morgan fingerprint density at radius 3 is 2.89 bits per heavy atom. The topological polar surface area (TPSA) is 46.3 Å². The predicted molar refractivity (Wildman–Crippen MR) is 79.4 cm³/mol. The van der Waals surface area contributed by atoms with Crippen molar-refractivity contribution in [2.24, 2.45) is 5.73 Å². The number of benzene rings is 1. The second-order valence-electron chi connectivity index (χ2n) is 5.38. The van der Waals surface area contributed by atoms with Crippen LogP contribution >= 0.6 is 0 Å². The van der Waals surface area contributed by atoms with Gasteiger partial charge < -0.3 is 10.6 Å². The maximum Gasteiger partial charge on any atom is 0.226 e. The largest absolute Gasteiger partial charge is 0.327 e. The molecular weight excluding hydrogens is 236 g/mol. The van der Waals surface area contributed by atoms with E-state index < -0.39 is 0 Å². The van der Waals surface area contributed by atoms with Crippen molar-refractivity contribution in [3.05, 3.63) is 29.3 Å². The van der Waals surface area contributed by atoms with Gasteiger partial charge in [-0.2, -0.15) is 0 Å². The lowest BCUT2D eigenvalue weighted by atomic mass is 10.0. The van der Waals surface area contributed by atoms with Gasteiger partial charge in [0.15, 0.2) is 0 Å². The summed E-state index contributed by atoms with van der Waals surface area (Å²) in [5.41, 5.74) is 9.69. The van der Waals surface area contributed by atoms with Gasteiger partial charge in [0, 0.05) is 24.7 Å². The molecule has 2 N–H and O–H groups in total. The summed E-state index contributed by atoms with van der Waals surface area (Å²) >= 11 is 0. The number of nitrogens with zero attached hydrogens (tertiary/aromatic N) is 1. The maximum absolute atomic E-state index is 12.0. The second-order valence-corrected chi connectivity index (χ2v) is 5.38. The van der Waals surface area contributed by atoms with E-state index in [9.17, 15) is 4.79 Å². The minimum Gasteiger partial charge on any atom is -0.327 e. The van der Waals surface area contributed by atoms with Crippen molar-refractivity contribution in [1.29, 1.82) is 0 Å². The third-order valence-electron chi connectivity index (χ3n) is 3.83. The van der Waals surface area contributed by atoms with Crippen molar-refractivity contribution in [2.75, 3.05) is 11.4 Å². The minimum absolute atomic E-state index is 0.234. The molecule has 2 rings (SSSR count). The van der Waals surface area contributed by atoms with Gasteiger partial charge in [-0.05, 0) is 42.9 Å². The minimum atomic E-state index is 0.234. The van der Waals surface area contributed by atoms with Crippen LogP contribution in [0.3, 0.4) is 0 Å². The Hall–Kier alpha value is -1.35. The summed E-state index contributed by atoms with van der Waals surface area (Å²) in [6, 6.07) is 6.67. The third-order valence-corrected chi connectivity index (χ3v) is 3.83. The number of fused-ring (bicyclic) bond motifs is 1. The van der Waals surface area contributed by atoms with Gasteiger partial charge in [0.05, 0.1) is 0 Å². The van der Waals surface area contributed by atoms with Crippen molar-refractivity contribution in [2.45, 2.75) is 52.0 Å². The van der Waals surface area contributed by atoms with E-state index in [4.69, 9.17) is 5.73 Å². The molecule has 0 saturated carbocycles. The Bertz CT molecular complexity index is 456. The number of rotatable bonds is 5. The lowest BCUT2D eigenvalue weighted by Gasteiger charge is -2.17. The fourth-order valence-corrected chi connectivity index (χ4v) is 2.64. The molecule has 1 aromatic carbocycles. The van der Waals surface area contributed by atoms with E-state index in [-0.39, 0.29) is 11.9 Å². The lowest BCUT2D eigenvalue weighted by Crippen LogP contribution is -2.28. The van der Waals surface area contributed by atoms with Crippen molar-refractivity contribution in [3.8, 4) is 0 Å². The summed E-state index contributed by atoms with van der Waals surface area (Å²) in [7, 11) is 0. The predicted octanol–water partition coefficient (Wildman–Crippen LogP) is 2.66. The number of carbonyl (C=O) groups is 1. The molecule has 0 aromatic heterocycles. The molecule has 0 spiro atoms. The lowest BCUT2D eigenvalue weighted by molar-refractivity contribution is -0.118. The zero-order valence-corrected chi connectivity index (χ0v) is 12.0. The van der Waals surface area contributed by atoms with Gasteiger partial charge >= 0.3 is 0 Å². The van der Waals surface area contributed by atoms with Gasteiger partial charge in [0.1, 0.15) is 0 Å². The Balaban J connectivity index is 2.13. The van der Waals surface area contributed by atoms with E-state index in [0.717, 1.165) is 37.9 Å². The SMILES string of the molecule is CCCC(=O)N1CCc2cc(CC(N)CC)ccc21. The van der Waals surface area contributed by atoms with Gasteiger partial charge in [0.25, 0.3) is 0 Å². The molecule has 1 amide bonds. The van der Waals surface area contributed by atoms with Crippen LogP contribution in [0.1, 0.15) is 44.2 Å². The highest BCUT2D eigenvalue weighted by Gasteiger charge is 2.24. The fraction of sp³-hybridized carbons (Fsp3) is 0.562. The van der Waals surface area contributed by atoms with Crippen LogP contribution in [0, 0.1) is 0 Å². The monoisotopic (exact) mass is 260 g/mol. The zero-order valence-electron chi connectivity index (χ0n) is 12.0. The Labute approximate surface area is 115 Å². The summed E-state index contributed by atoms with van der Waals surface area (Å²) in [5, 5.41) is 0. The molecule has 1 unspecified atom stereocenters. The average molecular weight is 260 g/mol. The van der Waals surface area contributed by atoms with E-state index in [1.54, 1.807) is 0 Å². The quantitative estimate of drug-likeness (QED) is 0.884. The molecule has 1 aliphatic heterocycles. The molecule has 1 aliphatic rings. The molecule has 0 saturated heterocycles. The first-order valence-electron chi connectivity index (χ1n) is 7.33. The van der Waals surface area contributed by atoms with Crippen LogP contribution in [0.2, 0.25) is 0 Å². The molecule has 3 heteroatoms. The highest BCUT2D eigenvalue weighted by atomic mass is 16.2. The fourth-order valence-electron chi connectivity index (χ4n) is 2.64. The first kappa shape index (κ1) is 14.1. The molecule has 0 aliphatic carbocycles. The number of hydrogen-bond acceptors (Lipinski definition) is 2. The van der Waals surface area contributed by atoms with Gasteiger partial charge in [-0.15, -0.1) is 0 Å². The van der Waals surface area contributed by atoms with Gasteiger partial charge in [-0.1, -0.05) is 26.0 Å². The number of nitrogens with two attached hydrogens (primary N) is 1. The summed E-state index contributed by atoms with van der Waals surface area (Å²) in [4.78, 5) is 14.0. The molecule has 1 heterocycles. The highest BCUT2D eigenvalue weighted by molar-refractivity contribution is 5.95. The molecule has 0 bridgehead atoms. The first-order valence-corrected chi connectivity index (χ1v) is 7.33. The first-order chi connectivity index (χ1) is 9.15. The van der Waals surface area contributed by atoms with Crippen molar-refractivity contribution >= 4 is 11.6 Å². The van der Waals surface area contributed by atoms with Crippen LogP contribution in [0.5, 0.6) is 0 Å². The number of hydrogen-bond donors (Lipinski definition) is 1. The Morgan fingerprint density at radius 1 is 1.42 bits per heavy atom. The Morgan fingerprint density at radius 2 is 2.21 bits per heavy atom. The molecular formula is C16H24N2O. The normalized spacial score (nSPS) is 15.4. The van der Waals surface area contributed by atoms with E-state index in [1.807, 2.05) is 11.8 Å². The summed E-state index contributed by atoms with van der Waals surface area (Å²) in [5.74, 6) is 0.249. The van der Waals surface area contributed by atoms with E-state index >= 15 is 0 Å². The number of anilines is 1. The van der Waals surface area contributed by atoms with Gasteiger partial charge in [-0.25, -0.2) is 0 Å². The summed E-state index contributed by atoms with van der Waals surface area (Å²) in [6.07, 6.45) is 4.45. The van der Waals surface area contributed by atoms with Crippen LogP contribution in [0.4, 0.5) is 5.69 Å².